The van der Waals surface area contributed by atoms with Gasteiger partial charge in [0.15, 0.2) is 6.61 Å². The highest BCUT2D eigenvalue weighted by Gasteiger charge is 2.52. The van der Waals surface area contributed by atoms with Crippen LogP contribution >= 0.6 is 0 Å². The molecule has 1 amide bonds. The van der Waals surface area contributed by atoms with Crippen LogP contribution in [0.3, 0.4) is 0 Å². The molecule has 188 valence electrons. The van der Waals surface area contributed by atoms with E-state index < -0.39 is 12.1 Å². The smallest absolute Gasteiger partial charge is 0.258 e. The Hall–Kier alpha value is -3.74. The van der Waals surface area contributed by atoms with E-state index >= 15 is 0 Å². The number of carbonyl (C=O) groups excluding carboxylic acids is 1. The normalized spacial score (nSPS) is 20.6. The van der Waals surface area contributed by atoms with Crippen LogP contribution in [0, 0.1) is 0 Å². The lowest BCUT2D eigenvalue weighted by Gasteiger charge is -2.43. The molecule has 3 aromatic carbocycles. The molecule has 1 spiro atoms. The van der Waals surface area contributed by atoms with Crippen LogP contribution in [0.1, 0.15) is 35.6 Å². The number of carbonyl (C=O) groups is 1. The van der Waals surface area contributed by atoms with Crippen LogP contribution in [0.2, 0.25) is 0 Å². The maximum absolute atomic E-state index is 12.8. The Balaban J connectivity index is 1.16. The third-order valence-electron chi connectivity index (χ3n) is 8.06. The number of pyridine rings is 1. The predicted molar refractivity (Wildman–Crippen MR) is 143 cm³/mol. The van der Waals surface area contributed by atoms with Gasteiger partial charge in [-0.1, -0.05) is 60.7 Å². The van der Waals surface area contributed by atoms with Gasteiger partial charge in [-0.3, -0.25) is 14.7 Å². The van der Waals surface area contributed by atoms with E-state index in [1.54, 1.807) is 0 Å². The molecule has 0 bridgehead atoms. The molecule has 2 aliphatic rings. The van der Waals surface area contributed by atoms with Gasteiger partial charge in [0.2, 0.25) is 0 Å². The number of rotatable bonds is 6. The van der Waals surface area contributed by atoms with E-state index in [-0.39, 0.29) is 17.9 Å². The number of hydrogen-bond acceptors (Lipinski definition) is 5. The number of aliphatic hydroxyl groups is 1. The second-order valence-electron chi connectivity index (χ2n) is 10.1. The number of hydrogen-bond donors (Lipinski definition) is 2. The van der Waals surface area contributed by atoms with Gasteiger partial charge in [0.05, 0.1) is 12.1 Å². The molecule has 4 aromatic rings. The molecule has 0 radical (unpaired) electrons. The summed E-state index contributed by atoms with van der Waals surface area (Å²) in [5.74, 6) is 0.416. The van der Waals surface area contributed by atoms with E-state index in [2.05, 4.69) is 45.5 Å². The fraction of sp³-hybridized carbons (Fsp3) is 0.290. The average molecular weight is 494 g/mol. The third-order valence-corrected chi connectivity index (χ3v) is 8.06. The van der Waals surface area contributed by atoms with Crippen molar-refractivity contribution in [2.75, 3.05) is 19.7 Å². The summed E-state index contributed by atoms with van der Waals surface area (Å²) in [7, 11) is 0. The molecule has 1 aliphatic heterocycles. The number of fused-ring (bicyclic) bond motifs is 3. The number of aliphatic hydroxyl groups excluding tert-OH is 1. The molecule has 1 aliphatic carbocycles. The molecule has 37 heavy (non-hydrogen) atoms. The number of nitrogens with one attached hydrogen (secondary N) is 1. The van der Waals surface area contributed by atoms with Crippen molar-refractivity contribution in [1.29, 1.82) is 0 Å². The lowest BCUT2D eigenvalue weighted by Crippen LogP contribution is -2.50. The van der Waals surface area contributed by atoms with E-state index in [0.29, 0.717) is 5.75 Å². The number of amides is 1. The van der Waals surface area contributed by atoms with Crippen molar-refractivity contribution in [3.8, 4) is 5.75 Å². The Morgan fingerprint density at radius 2 is 1.78 bits per heavy atom. The van der Waals surface area contributed by atoms with Crippen molar-refractivity contribution in [2.24, 2.45) is 0 Å². The topological polar surface area (TPSA) is 74.7 Å². The summed E-state index contributed by atoms with van der Waals surface area (Å²) in [6.07, 6.45) is 4.75. The van der Waals surface area contributed by atoms with E-state index in [9.17, 15) is 9.90 Å². The third kappa shape index (κ3) is 4.47. The first kappa shape index (κ1) is 23.6. The maximum Gasteiger partial charge on any atom is 0.258 e. The van der Waals surface area contributed by atoms with Crippen molar-refractivity contribution >= 4 is 16.7 Å². The van der Waals surface area contributed by atoms with Gasteiger partial charge in [0, 0.05) is 29.7 Å². The zero-order chi connectivity index (χ0) is 25.2. The van der Waals surface area contributed by atoms with Gasteiger partial charge in [-0.2, -0.15) is 0 Å². The summed E-state index contributed by atoms with van der Waals surface area (Å²) < 4.78 is 5.64. The van der Waals surface area contributed by atoms with Crippen molar-refractivity contribution < 1.29 is 14.6 Å². The molecule has 1 saturated heterocycles. The SMILES string of the molecule is O=C(COc1ccccc1)N[C@H]1c2ccccc2C2(CCN(Cc3cccc4cnccc34)CC2)[C@@H]1O. The summed E-state index contributed by atoms with van der Waals surface area (Å²) in [5, 5.41) is 17.1. The Morgan fingerprint density at radius 3 is 2.62 bits per heavy atom. The van der Waals surface area contributed by atoms with Crippen LogP contribution in [-0.4, -0.2) is 46.7 Å². The minimum Gasteiger partial charge on any atom is -0.484 e. The summed E-state index contributed by atoms with van der Waals surface area (Å²) in [6.45, 7) is 2.54. The van der Waals surface area contributed by atoms with Crippen LogP contribution < -0.4 is 10.1 Å². The zero-order valence-corrected chi connectivity index (χ0v) is 20.7. The fourth-order valence-corrected chi connectivity index (χ4v) is 6.15. The average Bonchev–Trinajstić information content (AvgIpc) is 3.17. The van der Waals surface area contributed by atoms with Gasteiger partial charge in [0.1, 0.15) is 5.75 Å². The lowest BCUT2D eigenvalue weighted by atomic mass is 9.72. The van der Waals surface area contributed by atoms with Crippen LogP contribution in [0.25, 0.3) is 10.8 Å². The maximum atomic E-state index is 12.8. The van der Waals surface area contributed by atoms with Gasteiger partial charge >= 0.3 is 0 Å². The van der Waals surface area contributed by atoms with E-state index in [1.165, 1.54) is 10.9 Å². The van der Waals surface area contributed by atoms with Gasteiger partial charge in [-0.05, 0) is 66.2 Å². The molecule has 6 rings (SSSR count). The summed E-state index contributed by atoms with van der Waals surface area (Å²) in [5.41, 5.74) is 3.10. The molecule has 2 atom stereocenters. The molecule has 0 saturated carbocycles. The van der Waals surface area contributed by atoms with Gasteiger partial charge in [0.25, 0.3) is 5.91 Å². The first-order chi connectivity index (χ1) is 18.1. The van der Waals surface area contributed by atoms with Crippen LogP contribution in [0.5, 0.6) is 5.75 Å². The molecule has 2 heterocycles. The minimum atomic E-state index is -0.684. The van der Waals surface area contributed by atoms with Gasteiger partial charge < -0.3 is 15.2 Å². The summed E-state index contributed by atoms with van der Waals surface area (Å²) >= 11 is 0. The van der Waals surface area contributed by atoms with Gasteiger partial charge in [-0.25, -0.2) is 0 Å². The van der Waals surface area contributed by atoms with E-state index in [1.807, 2.05) is 60.9 Å². The molecule has 0 unspecified atom stereocenters. The number of aromatic nitrogens is 1. The zero-order valence-electron chi connectivity index (χ0n) is 20.7. The number of para-hydroxylation sites is 1. The fourth-order valence-electron chi connectivity index (χ4n) is 6.15. The second-order valence-corrected chi connectivity index (χ2v) is 10.1. The largest absolute Gasteiger partial charge is 0.484 e. The molecular weight excluding hydrogens is 462 g/mol. The second kappa shape index (κ2) is 9.96. The molecule has 6 nitrogen and oxygen atoms in total. The van der Waals surface area contributed by atoms with Crippen molar-refractivity contribution in [1.82, 2.24) is 15.2 Å². The monoisotopic (exact) mass is 493 g/mol. The molecule has 1 aromatic heterocycles. The number of benzene rings is 3. The van der Waals surface area contributed by atoms with Crippen LogP contribution in [-0.2, 0) is 16.8 Å². The summed E-state index contributed by atoms with van der Waals surface area (Å²) in [6, 6.07) is 25.5. The predicted octanol–water partition coefficient (Wildman–Crippen LogP) is 4.38. The number of piperidine rings is 1. The Kier molecular flexibility index (Phi) is 6.37. The van der Waals surface area contributed by atoms with Crippen molar-refractivity contribution in [3.05, 3.63) is 108 Å². The van der Waals surface area contributed by atoms with Gasteiger partial charge in [-0.15, -0.1) is 0 Å². The Labute approximate surface area is 216 Å². The lowest BCUT2D eigenvalue weighted by molar-refractivity contribution is -0.125. The molecule has 6 heteroatoms. The van der Waals surface area contributed by atoms with Crippen LogP contribution in [0.4, 0.5) is 0 Å². The van der Waals surface area contributed by atoms with E-state index in [0.717, 1.165) is 49.0 Å². The molecular formula is C31H31N3O3. The highest BCUT2D eigenvalue weighted by molar-refractivity contribution is 5.84. The molecule has 2 N–H and O–H groups in total. The molecule has 1 fully saturated rings. The standard InChI is InChI=1S/C31H31N3O3/c35-28(21-37-24-9-2-1-3-10-24)33-29-26-11-4-5-12-27(26)31(30(29)36)14-17-34(18-15-31)20-23-8-6-7-22-19-32-16-13-25(22)23/h1-13,16,19,29-30,36H,14-15,17-18,20-21H2,(H,33,35)/t29-,30+/m0/s1. The highest BCUT2D eigenvalue weighted by atomic mass is 16.5. The Bertz CT molecular complexity index is 1390. The van der Waals surface area contributed by atoms with Crippen molar-refractivity contribution in [2.45, 2.75) is 36.9 Å². The first-order valence-electron chi connectivity index (χ1n) is 12.9. The van der Waals surface area contributed by atoms with Crippen molar-refractivity contribution in [3.63, 3.8) is 0 Å². The van der Waals surface area contributed by atoms with Crippen LogP contribution in [0.15, 0.2) is 91.3 Å². The number of ether oxygens (including phenoxy) is 1. The first-order valence-corrected chi connectivity index (χ1v) is 12.9. The quantitative estimate of drug-likeness (QED) is 0.417. The minimum absolute atomic E-state index is 0.0866. The number of nitrogens with zero attached hydrogens (tertiary/aromatic N) is 2. The highest BCUT2D eigenvalue weighted by Crippen LogP contribution is 2.51. The number of likely N-dealkylation sites (tertiary alicyclic amines) is 1. The summed E-state index contributed by atoms with van der Waals surface area (Å²) in [4.78, 5) is 19.5. The van der Waals surface area contributed by atoms with E-state index in [4.69, 9.17) is 4.74 Å². The Morgan fingerprint density at radius 1 is 1.00 bits per heavy atom.